The molecular formula is C25H28N6O4S. The van der Waals surface area contributed by atoms with Crippen molar-refractivity contribution in [3.63, 3.8) is 0 Å². The van der Waals surface area contributed by atoms with Gasteiger partial charge in [-0.3, -0.25) is 19.4 Å². The van der Waals surface area contributed by atoms with Crippen LogP contribution in [0.15, 0.2) is 48.8 Å². The van der Waals surface area contributed by atoms with Crippen LogP contribution in [0.1, 0.15) is 63.0 Å². The van der Waals surface area contributed by atoms with Crippen LogP contribution in [-0.2, 0) is 11.3 Å². The van der Waals surface area contributed by atoms with Crippen molar-refractivity contribution in [2.45, 2.75) is 44.3 Å². The first-order valence-corrected chi connectivity index (χ1v) is 12.4. The molecule has 1 atom stereocenters. The van der Waals surface area contributed by atoms with Gasteiger partial charge in [-0.2, -0.15) is 4.37 Å². The lowest BCUT2D eigenvalue weighted by molar-refractivity contribution is -0.126. The molecule has 36 heavy (non-hydrogen) atoms. The van der Waals surface area contributed by atoms with E-state index < -0.39 is 17.9 Å². The maximum absolute atomic E-state index is 13.9. The summed E-state index contributed by atoms with van der Waals surface area (Å²) in [5.41, 5.74) is 12.5. The molecule has 5 N–H and O–H groups in total. The van der Waals surface area contributed by atoms with Crippen LogP contribution in [0.4, 0.5) is 5.69 Å². The van der Waals surface area contributed by atoms with Gasteiger partial charge in [0.15, 0.2) is 5.69 Å². The Hall–Kier alpha value is -3.99. The van der Waals surface area contributed by atoms with Crippen LogP contribution in [-0.4, -0.2) is 45.1 Å². The Morgan fingerprint density at radius 3 is 2.50 bits per heavy atom. The van der Waals surface area contributed by atoms with Crippen molar-refractivity contribution in [1.82, 2.24) is 19.6 Å². The zero-order valence-corrected chi connectivity index (χ0v) is 20.7. The van der Waals surface area contributed by atoms with Gasteiger partial charge >= 0.3 is 0 Å². The maximum Gasteiger partial charge on any atom is 0.270 e. The number of hydrogen-bond donors (Lipinski definition) is 3. The summed E-state index contributed by atoms with van der Waals surface area (Å²) in [4.78, 5) is 45.0. The first-order valence-electron chi connectivity index (χ1n) is 11.6. The molecule has 0 bridgehead atoms. The van der Waals surface area contributed by atoms with Crippen molar-refractivity contribution in [3.05, 3.63) is 70.5 Å². The third-order valence-corrected chi connectivity index (χ3v) is 7.04. The molecule has 1 aliphatic carbocycles. The molecule has 4 rings (SSSR count). The number of primary amides is 1. The van der Waals surface area contributed by atoms with Gasteiger partial charge in [0, 0.05) is 25.0 Å². The average molecular weight is 509 g/mol. The van der Waals surface area contributed by atoms with Gasteiger partial charge in [-0.25, -0.2) is 0 Å². The lowest BCUT2D eigenvalue weighted by Crippen LogP contribution is -2.45. The Morgan fingerprint density at radius 2 is 1.92 bits per heavy atom. The molecule has 10 nitrogen and oxygen atoms in total. The normalized spacial score (nSPS) is 14.2. The van der Waals surface area contributed by atoms with E-state index >= 15 is 0 Å². The van der Waals surface area contributed by atoms with Gasteiger partial charge in [-0.05, 0) is 53.7 Å². The molecule has 3 aromatic rings. The monoisotopic (exact) mass is 508 g/mol. The van der Waals surface area contributed by atoms with E-state index in [4.69, 9.17) is 16.2 Å². The second kappa shape index (κ2) is 11.2. The first kappa shape index (κ1) is 25.1. The summed E-state index contributed by atoms with van der Waals surface area (Å²) in [6.45, 7) is 0.0741. The molecule has 1 saturated carbocycles. The number of carbonyl (C=O) groups excluding carboxylic acids is 3. The van der Waals surface area contributed by atoms with E-state index in [0.29, 0.717) is 11.3 Å². The zero-order valence-electron chi connectivity index (χ0n) is 19.8. The third kappa shape index (κ3) is 5.46. The number of methoxy groups -OCH3 is 1. The van der Waals surface area contributed by atoms with Gasteiger partial charge < -0.3 is 26.4 Å². The highest BCUT2D eigenvalue weighted by Crippen LogP contribution is 2.31. The third-order valence-electron chi connectivity index (χ3n) is 6.19. The number of anilines is 1. The van der Waals surface area contributed by atoms with Crippen molar-refractivity contribution in [2.75, 3.05) is 12.8 Å². The number of pyridine rings is 1. The predicted molar refractivity (Wildman–Crippen MR) is 135 cm³/mol. The highest BCUT2D eigenvalue weighted by Gasteiger charge is 2.36. The van der Waals surface area contributed by atoms with Crippen molar-refractivity contribution in [2.24, 2.45) is 5.73 Å². The Morgan fingerprint density at radius 1 is 1.19 bits per heavy atom. The quantitative estimate of drug-likeness (QED) is 0.401. The Labute approximate surface area is 212 Å². The van der Waals surface area contributed by atoms with Crippen LogP contribution in [0, 0.1) is 0 Å². The molecular weight excluding hydrogens is 480 g/mol. The standard InChI is InChI=1S/C25H28N6O4S/c1-35-18-10-8-16(9-11-18)21(24(33)29-17-6-2-3-7-17)31(14-15-5-4-12-28-13-15)25(34)22-19(26)20(23(27)32)30-36-22/h4-5,8-13,17,21H,2-3,6-7,14,26H2,1H3,(H2,27,32)(H,29,33)/t21-/m1/s1. The number of hydrogen-bond acceptors (Lipinski definition) is 8. The second-order valence-electron chi connectivity index (χ2n) is 8.60. The van der Waals surface area contributed by atoms with Crippen LogP contribution in [0.3, 0.4) is 0 Å². The van der Waals surface area contributed by atoms with E-state index in [1.54, 1.807) is 49.8 Å². The summed E-state index contributed by atoms with van der Waals surface area (Å²) in [6, 6.07) is 9.63. The molecule has 1 aliphatic rings. The summed E-state index contributed by atoms with van der Waals surface area (Å²) in [6.07, 6.45) is 7.13. The number of amides is 3. The zero-order chi connectivity index (χ0) is 25.7. The Kier molecular flexibility index (Phi) is 7.79. The Bertz CT molecular complexity index is 1230. The highest BCUT2D eigenvalue weighted by molar-refractivity contribution is 7.09. The molecule has 3 amide bonds. The maximum atomic E-state index is 13.9. The molecule has 2 aromatic heterocycles. The van der Waals surface area contributed by atoms with E-state index in [0.717, 1.165) is 42.8 Å². The number of nitrogens with two attached hydrogens (primary N) is 2. The second-order valence-corrected chi connectivity index (χ2v) is 9.37. The highest BCUT2D eigenvalue weighted by atomic mass is 32.1. The van der Waals surface area contributed by atoms with Crippen LogP contribution < -0.4 is 21.5 Å². The fourth-order valence-corrected chi connectivity index (χ4v) is 5.10. The molecule has 1 fully saturated rings. The van der Waals surface area contributed by atoms with Crippen LogP contribution in [0.5, 0.6) is 5.75 Å². The summed E-state index contributed by atoms with van der Waals surface area (Å²) >= 11 is 0.780. The molecule has 2 heterocycles. The summed E-state index contributed by atoms with van der Waals surface area (Å²) in [5.74, 6) is -1.05. The topological polar surface area (TPSA) is 154 Å². The van der Waals surface area contributed by atoms with Crippen LogP contribution >= 0.6 is 11.5 Å². The smallest absolute Gasteiger partial charge is 0.270 e. The van der Waals surface area contributed by atoms with Gasteiger partial charge in [-0.1, -0.05) is 31.0 Å². The summed E-state index contributed by atoms with van der Waals surface area (Å²) in [7, 11) is 1.56. The van der Waals surface area contributed by atoms with Gasteiger partial charge in [0.05, 0.1) is 12.8 Å². The van der Waals surface area contributed by atoms with Gasteiger partial charge in [0.1, 0.15) is 16.7 Å². The number of aromatic nitrogens is 2. The van der Waals surface area contributed by atoms with Gasteiger partial charge in [-0.15, -0.1) is 0 Å². The van der Waals surface area contributed by atoms with Crippen molar-refractivity contribution >= 4 is 34.9 Å². The SMILES string of the molecule is COc1ccc([C@H](C(=O)NC2CCCC2)N(Cc2cccnc2)C(=O)c2snc(C(N)=O)c2N)cc1. The van der Waals surface area contributed by atoms with E-state index in [-0.39, 0.29) is 34.8 Å². The van der Waals surface area contributed by atoms with Crippen molar-refractivity contribution < 1.29 is 19.1 Å². The minimum Gasteiger partial charge on any atom is -0.497 e. The number of benzene rings is 1. The number of ether oxygens (including phenoxy) is 1. The predicted octanol–water partition coefficient (Wildman–Crippen LogP) is 2.67. The molecule has 11 heteroatoms. The molecule has 0 aliphatic heterocycles. The van der Waals surface area contributed by atoms with E-state index in [1.165, 1.54) is 4.90 Å². The van der Waals surface area contributed by atoms with E-state index in [2.05, 4.69) is 14.7 Å². The van der Waals surface area contributed by atoms with Gasteiger partial charge in [0.2, 0.25) is 5.91 Å². The number of nitrogen functional groups attached to an aromatic ring is 1. The number of carbonyl (C=O) groups is 3. The number of rotatable bonds is 9. The van der Waals surface area contributed by atoms with Crippen LogP contribution in [0.2, 0.25) is 0 Å². The summed E-state index contributed by atoms with van der Waals surface area (Å²) < 4.78 is 9.25. The lowest BCUT2D eigenvalue weighted by atomic mass is 10.0. The number of nitrogens with zero attached hydrogens (tertiary/aromatic N) is 3. The van der Waals surface area contributed by atoms with E-state index in [1.807, 2.05) is 6.07 Å². The largest absolute Gasteiger partial charge is 0.497 e. The Balaban J connectivity index is 1.78. The lowest BCUT2D eigenvalue weighted by Gasteiger charge is -2.32. The fourth-order valence-electron chi connectivity index (χ4n) is 4.34. The fraction of sp³-hybridized carbons (Fsp3) is 0.320. The molecule has 0 radical (unpaired) electrons. The molecule has 0 spiro atoms. The minimum atomic E-state index is -0.984. The molecule has 1 aromatic carbocycles. The van der Waals surface area contributed by atoms with Gasteiger partial charge in [0.25, 0.3) is 11.8 Å². The molecule has 0 saturated heterocycles. The summed E-state index contributed by atoms with van der Waals surface area (Å²) in [5, 5.41) is 3.12. The van der Waals surface area contributed by atoms with Crippen molar-refractivity contribution in [1.29, 1.82) is 0 Å². The average Bonchev–Trinajstić information content (AvgIpc) is 3.53. The molecule has 0 unspecified atom stereocenters. The van der Waals surface area contributed by atoms with Crippen LogP contribution in [0.25, 0.3) is 0 Å². The van der Waals surface area contributed by atoms with Crippen molar-refractivity contribution in [3.8, 4) is 5.75 Å². The minimum absolute atomic E-state index is 0.0415. The number of nitrogens with one attached hydrogen (secondary N) is 1. The first-order chi connectivity index (χ1) is 17.4. The van der Waals surface area contributed by atoms with E-state index in [9.17, 15) is 14.4 Å². The molecule has 188 valence electrons.